The van der Waals surface area contributed by atoms with Gasteiger partial charge in [-0.05, 0) is 91.6 Å². The number of halogens is 1. The van der Waals surface area contributed by atoms with Gasteiger partial charge in [-0.2, -0.15) is 0 Å². The van der Waals surface area contributed by atoms with Crippen LogP contribution in [0.5, 0.6) is 0 Å². The molecule has 3 aromatic rings. The van der Waals surface area contributed by atoms with Crippen LogP contribution in [0.3, 0.4) is 0 Å². The van der Waals surface area contributed by atoms with Crippen LogP contribution in [0.1, 0.15) is 52.0 Å². The lowest BCUT2D eigenvalue weighted by atomic mass is 9.73. The van der Waals surface area contributed by atoms with Gasteiger partial charge in [-0.15, -0.1) is 0 Å². The Hall–Kier alpha value is -3.77. The summed E-state index contributed by atoms with van der Waals surface area (Å²) in [7, 11) is 0. The SMILES string of the molecule is C[C@H](OC(=O)c1ccc(N2C(=O)[C@@H]3[C@H]4C[C@@H]([C@@H]3C2=O)[C@H](c2ccccc2)C4)cc1)C(=O)c1ccc(Cl)cc1. The van der Waals surface area contributed by atoms with Crippen molar-refractivity contribution in [2.45, 2.75) is 31.8 Å². The largest absolute Gasteiger partial charge is 0.451 e. The van der Waals surface area contributed by atoms with Crippen LogP contribution in [-0.4, -0.2) is 29.7 Å². The first-order valence-corrected chi connectivity index (χ1v) is 13.2. The molecule has 3 aliphatic rings. The van der Waals surface area contributed by atoms with E-state index in [-0.39, 0.29) is 46.8 Å². The molecule has 2 amide bonds. The summed E-state index contributed by atoms with van der Waals surface area (Å²) < 4.78 is 5.37. The summed E-state index contributed by atoms with van der Waals surface area (Å²) in [6, 6.07) is 22.8. The van der Waals surface area contributed by atoms with Crippen LogP contribution < -0.4 is 4.90 Å². The number of ether oxygens (including phenoxy) is 1. The number of hydrogen-bond donors (Lipinski definition) is 0. The van der Waals surface area contributed by atoms with E-state index in [0.717, 1.165) is 12.8 Å². The van der Waals surface area contributed by atoms with Crippen LogP contribution in [0, 0.1) is 23.7 Å². The molecule has 0 unspecified atom stereocenters. The Labute approximate surface area is 225 Å². The molecule has 2 saturated carbocycles. The van der Waals surface area contributed by atoms with Gasteiger partial charge in [0.1, 0.15) is 0 Å². The van der Waals surface area contributed by atoms with Gasteiger partial charge in [-0.3, -0.25) is 19.3 Å². The van der Waals surface area contributed by atoms with Crippen LogP contribution in [0.4, 0.5) is 5.69 Å². The average Bonchev–Trinajstić information content (AvgIpc) is 3.60. The van der Waals surface area contributed by atoms with E-state index in [1.807, 2.05) is 18.2 Å². The van der Waals surface area contributed by atoms with Crippen molar-refractivity contribution in [3.05, 3.63) is 101 Å². The Morgan fingerprint density at radius 2 is 1.47 bits per heavy atom. The van der Waals surface area contributed by atoms with Gasteiger partial charge in [0.05, 0.1) is 23.1 Å². The Morgan fingerprint density at radius 3 is 2.16 bits per heavy atom. The standard InChI is InChI=1S/C31H26ClNO5/c1-17(28(34)19-7-11-22(32)12-8-19)38-31(37)20-9-13-23(14-10-20)33-29(35)26-21-15-24(18-5-3-2-4-6-18)25(16-21)27(26)30(33)36/h2-14,17,21,24-27H,15-16H2,1H3/t17-,21+,24-,25+,26+,27-/m0/s1. The number of esters is 1. The fourth-order valence-electron chi connectivity index (χ4n) is 6.67. The van der Waals surface area contributed by atoms with Gasteiger partial charge in [-0.1, -0.05) is 41.9 Å². The van der Waals surface area contributed by atoms with E-state index in [0.29, 0.717) is 22.2 Å². The van der Waals surface area contributed by atoms with E-state index in [1.165, 1.54) is 29.5 Å². The maximum atomic E-state index is 13.5. The van der Waals surface area contributed by atoms with Crippen LogP contribution in [0.25, 0.3) is 0 Å². The van der Waals surface area contributed by atoms with Crippen molar-refractivity contribution < 1.29 is 23.9 Å². The maximum Gasteiger partial charge on any atom is 0.338 e. The fraction of sp³-hybridized carbons (Fsp3) is 0.290. The summed E-state index contributed by atoms with van der Waals surface area (Å²) in [6.07, 6.45) is 0.857. The summed E-state index contributed by atoms with van der Waals surface area (Å²) in [5.41, 5.74) is 2.31. The minimum atomic E-state index is -0.988. The van der Waals surface area contributed by atoms with Crippen molar-refractivity contribution in [2.24, 2.45) is 23.7 Å². The molecule has 0 spiro atoms. The van der Waals surface area contributed by atoms with Gasteiger partial charge in [0.25, 0.3) is 0 Å². The number of Topliss-reactive ketones (excluding diaryl/α,β-unsaturated/α-hetero) is 1. The summed E-state index contributed by atoms with van der Waals surface area (Å²) in [4.78, 5) is 53.5. The van der Waals surface area contributed by atoms with E-state index in [1.54, 1.807) is 36.4 Å². The molecule has 6 atom stereocenters. The second kappa shape index (κ2) is 9.52. The summed E-state index contributed by atoms with van der Waals surface area (Å²) in [5, 5.41) is 0.508. The minimum Gasteiger partial charge on any atom is -0.451 e. The predicted octanol–water partition coefficient (Wildman–Crippen LogP) is 5.70. The van der Waals surface area contributed by atoms with E-state index < -0.39 is 12.1 Å². The van der Waals surface area contributed by atoms with Gasteiger partial charge in [0, 0.05) is 10.6 Å². The third-order valence-electron chi connectivity index (χ3n) is 8.39. The third-order valence-corrected chi connectivity index (χ3v) is 8.64. The first-order chi connectivity index (χ1) is 18.3. The number of anilines is 1. The second-order valence-corrected chi connectivity index (χ2v) is 10.9. The molecular weight excluding hydrogens is 502 g/mol. The number of carbonyl (C=O) groups is 4. The fourth-order valence-corrected chi connectivity index (χ4v) is 6.80. The number of benzene rings is 3. The summed E-state index contributed by atoms with van der Waals surface area (Å²) >= 11 is 5.87. The van der Waals surface area contributed by atoms with Crippen LogP contribution in [0.15, 0.2) is 78.9 Å². The van der Waals surface area contributed by atoms with Crippen molar-refractivity contribution in [2.75, 3.05) is 4.90 Å². The lowest BCUT2D eigenvalue weighted by Gasteiger charge is -2.28. The highest BCUT2D eigenvalue weighted by molar-refractivity contribution is 6.30. The van der Waals surface area contributed by atoms with Gasteiger partial charge in [-0.25, -0.2) is 4.79 Å². The smallest absolute Gasteiger partial charge is 0.338 e. The molecule has 7 heteroatoms. The van der Waals surface area contributed by atoms with Crippen LogP contribution >= 0.6 is 11.6 Å². The Balaban J connectivity index is 1.15. The number of fused-ring (bicyclic) bond motifs is 5. The van der Waals surface area contributed by atoms with Gasteiger partial charge in [0.2, 0.25) is 17.6 Å². The van der Waals surface area contributed by atoms with E-state index >= 15 is 0 Å². The number of rotatable bonds is 6. The van der Waals surface area contributed by atoms with E-state index in [2.05, 4.69) is 12.1 Å². The molecule has 1 aliphatic heterocycles. The summed E-state index contributed by atoms with van der Waals surface area (Å²) in [5.74, 6) is -1.17. The Kier molecular flexibility index (Phi) is 6.15. The highest BCUT2D eigenvalue weighted by atomic mass is 35.5. The lowest BCUT2D eigenvalue weighted by Crippen LogP contribution is -2.33. The molecule has 6 rings (SSSR count). The molecule has 0 N–H and O–H groups in total. The Bertz CT molecular complexity index is 1420. The van der Waals surface area contributed by atoms with Crippen molar-refractivity contribution in [3.63, 3.8) is 0 Å². The number of ketones is 1. The maximum absolute atomic E-state index is 13.5. The molecular formula is C31H26ClNO5. The number of imide groups is 1. The molecule has 192 valence electrons. The van der Waals surface area contributed by atoms with E-state index in [9.17, 15) is 19.2 Å². The monoisotopic (exact) mass is 527 g/mol. The molecule has 1 saturated heterocycles. The topological polar surface area (TPSA) is 80.8 Å². The van der Waals surface area contributed by atoms with Gasteiger partial charge < -0.3 is 4.74 Å². The van der Waals surface area contributed by atoms with Crippen LogP contribution in [0.2, 0.25) is 5.02 Å². The van der Waals surface area contributed by atoms with Crippen molar-refractivity contribution in [1.29, 1.82) is 0 Å². The normalized spacial score (nSPS) is 26.4. The zero-order valence-corrected chi connectivity index (χ0v) is 21.5. The lowest BCUT2D eigenvalue weighted by molar-refractivity contribution is -0.123. The molecule has 3 aromatic carbocycles. The average molecular weight is 528 g/mol. The molecule has 6 nitrogen and oxygen atoms in total. The van der Waals surface area contributed by atoms with Crippen molar-refractivity contribution >= 4 is 40.9 Å². The first-order valence-electron chi connectivity index (χ1n) is 12.9. The van der Waals surface area contributed by atoms with Crippen LogP contribution in [-0.2, 0) is 14.3 Å². The number of nitrogens with zero attached hydrogens (tertiary/aromatic N) is 1. The van der Waals surface area contributed by atoms with Crippen molar-refractivity contribution in [1.82, 2.24) is 0 Å². The van der Waals surface area contributed by atoms with Gasteiger partial charge in [0.15, 0.2) is 6.10 Å². The second-order valence-electron chi connectivity index (χ2n) is 10.4. The zero-order chi connectivity index (χ0) is 26.6. The quantitative estimate of drug-likeness (QED) is 0.233. The highest BCUT2D eigenvalue weighted by Gasteiger charge is 2.64. The molecule has 2 bridgehead atoms. The molecule has 0 aromatic heterocycles. The van der Waals surface area contributed by atoms with Crippen molar-refractivity contribution in [3.8, 4) is 0 Å². The minimum absolute atomic E-state index is 0.142. The number of carbonyl (C=O) groups excluding carboxylic acids is 4. The highest BCUT2D eigenvalue weighted by Crippen LogP contribution is 2.61. The van der Waals surface area contributed by atoms with Gasteiger partial charge >= 0.3 is 5.97 Å². The molecule has 1 heterocycles. The van der Waals surface area contributed by atoms with E-state index in [4.69, 9.17) is 16.3 Å². The zero-order valence-electron chi connectivity index (χ0n) is 20.8. The molecule has 0 radical (unpaired) electrons. The molecule has 2 aliphatic carbocycles. The number of hydrogen-bond acceptors (Lipinski definition) is 5. The molecule has 38 heavy (non-hydrogen) atoms. The third kappa shape index (κ3) is 4.04. The molecule has 3 fully saturated rings. The summed E-state index contributed by atoms with van der Waals surface area (Å²) in [6.45, 7) is 1.51. The first kappa shape index (κ1) is 24.6. The predicted molar refractivity (Wildman–Crippen MR) is 142 cm³/mol. The number of amides is 2. The Morgan fingerprint density at radius 1 is 0.842 bits per heavy atom.